The molecule has 4 amide bonds. The number of pyridine rings is 1. The first-order valence-corrected chi connectivity index (χ1v) is 8.85. The van der Waals surface area contributed by atoms with Crippen molar-refractivity contribution in [3.05, 3.63) is 52.5 Å². The van der Waals surface area contributed by atoms with E-state index in [1.165, 1.54) is 0 Å². The van der Waals surface area contributed by atoms with Crippen LogP contribution < -0.4 is 10.6 Å². The van der Waals surface area contributed by atoms with Gasteiger partial charge in [-0.2, -0.15) is 11.3 Å². The summed E-state index contributed by atoms with van der Waals surface area (Å²) < 4.78 is 0. The third-order valence-corrected chi connectivity index (χ3v) is 4.61. The first-order chi connectivity index (χ1) is 12.1. The summed E-state index contributed by atoms with van der Waals surface area (Å²) in [7, 11) is 0. The largest absolute Gasteiger partial charge is 0.332 e. The summed E-state index contributed by atoms with van der Waals surface area (Å²) in [5.74, 6) is -0.579. The van der Waals surface area contributed by atoms with Gasteiger partial charge in [0.15, 0.2) is 0 Å². The van der Waals surface area contributed by atoms with Gasteiger partial charge in [-0.25, -0.2) is 4.79 Å². The number of urea groups is 1. The summed E-state index contributed by atoms with van der Waals surface area (Å²) in [5.41, 5.74) is 1.93. The first-order valence-electron chi connectivity index (χ1n) is 7.91. The van der Waals surface area contributed by atoms with E-state index in [-0.39, 0.29) is 24.7 Å². The van der Waals surface area contributed by atoms with Crippen molar-refractivity contribution in [1.82, 2.24) is 20.5 Å². The number of thiophene rings is 1. The molecule has 0 unspecified atom stereocenters. The van der Waals surface area contributed by atoms with Crippen LogP contribution in [0.3, 0.4) is 0 Å². The van der Waals surface area contributed by atoms with E-state index in [4.69, 9.17) is 0 Å². The number of nitrogens with one attached hydrogen (secondary N) is 2. The smallest absolute Gasteiger partial charge is 0.322 e. The van der Waals surface area contributed by atoms with Crippen molar-refractivity contribution >= 4 is 29.2 Å². The van der Waals surface area contributed by atoms with E-state index in [2.05, 4.69) is 15.6 Å². The predicted octanol–water partition coefficient (Wildman–Crippen LogP) is 1.66. The molecule has 2 N–H and O–H groups in total. The van der Waals surface area contributed by atoms with Crippen molar-refractivity contribution in [3.63, 3.8) is 0 Å². The van der Waals surface area contributed by atoms with E-state index in [0.29, 0.717) is 13.1 Å². The van der Waals surface area contributed by atoms with Gasteiger partial charge >= 0.3 is 6.03 Å². The Labute approximate surface area is 149 Å². The molecule has 25 heavy (non-hydrogen) atoms. The van der Waals surface area contributed by atoms with E-state index in [9.17, 15) is 14.4 Å². The van der Waals surface area contributed by atoms with Gasteiger partial charge in [-0.3, -0.25) is 19.9 Å². The van der Waals surface area contributed by atoms with Crippen LogP contribution in [0.25, 0.3) is 0 Å². The molecule has 0 aromatic carbocycles. The normalized spacial score (nSPS) is 17.4. The van der Waals surface area contributed by atoms with Crippen LogP contribution in [-0.4, -0.2) is 33.8 Å². The number of hydrogen-bond donors (Lipinski definition) is 2. The number of amides is 4. The second-order valence-electron chi connectivity index (χ2n) is 5.80. The number of aromatic nitrogens is 1. The fraction of sp³-hybridized carbons (Fsp3) is 0.294. The Morgan fingerprint density at radius 2 is 2.12 bits per heavy atom. The maximum atomic E-state index is 13.0. The molecule has 7 nitrogen and oxygen atoms in total. The molecular weight excluding hydrogens is 340 g/mol. The van der Waals surface area contributed by atoms with Gasteiger partial charge in [-0.05, 0) is 40.4 Å². The van der Waals surface area contributed by atoms with Crippen LogP contribution in [0.15, 0.2) is 41.4 Å². The van der Waals surface area contributed by atoms with Gasteiger partial charge in [-0.15, -0.1) is 0 Å². The average Bonchev–Trinajstić information content (AvgIpc) is 3.05. The van der Waals surface area contributed by atoms with Crippen molar-refractivity contribution in [2.24, 2.45) is 0 Å². The summed E-state index contributed by atoms with van der Waals surface area (Å²) in [6, 6.07) is 4.33. The minimum absolute atomic E-state index is 0.133. The molecule has 0 saturated carbocycles. The zero-order valence-corrected chi connectivity index (χ0v) is 14.3. The summed E-state index contributed by atoms with van der Waals surface area (Å²) in [5, 5.41) is 8.72. The standard InChI is InChI=1S/C17H18N4O3S/c22-15-4-3-14(19-17(24)20-15)16(23)21(10-13-5-7-25-11-13)9-12-2-1-6-18-8-12/h1-2,5-8,11,14H,3-4,9-10H2,(H2,19,20,22,24)/t14-/m0/s1. The average molecular weight is 358 g/mol. The van der Waals surface area contributed by atoms with E-state index >= 15 is 0 Å². The molecule has 3 rings (SSSR count). The zero-order valence-electron chi connectivity index (χ0n) is 13.5. The van der Waals surface area contributed by atoms with Gasteiger partial charge in [0, 0.05) is 31.9 Å². The molecule has 0 bridgehead atoms. The highest BCUT2D eigenvalue weighted by Crippen LogP contribution is 2.15. The molecule has 1 fully saturated rings. The lowest BCUT2D eigenvalue weighted by molar-refractivity contribution is -0.134. The number of imide groups is 1. The molecule has 0 radical (unpaired) electrons. The summed E-state index contributed by atoms with van der Waals surface area (Å²) in [6.45, 7) is 0.821. The Bertz CT molecular complexity index is 749. The maximum absolute atomic E-state index is 13.0. The van der Waals surface area contributed by atoms with Crippen LogP contribution >= 0.6 is 11.3 Å². The van der Waals surface area contributed by atoms with Crippen LogP contribution in [0.2, 0.25) is 0 Å². The molecule has 3 heterocycles. The Morgan fingerprint density at radius 1 is 1.28 bits per heavy atom. The van der Waals surface area contributed by atoms with Crippen molar-refractivity contribution in [1.29, 1.82) is 0 Å². The lowest BCUT2D eigenvalue weighted by Gasteiger charge is -2.26. The first kappa shape index (κ1) is 17.1. The molecule has 1 saturated heterocycles. The molecule has 8 heteroatoms. The van der Waals surface area contributed by atoms with Crippen LogP contribution in [0.4, 0.5) is 4.79 Å². The Balaban J connectivity index is 1.78. The monoisotopic (exact) mass is 358 g/mol. The Hall–Kier alpha value is -2.74. The fourth-order valence-corrected chi connectivity index (χ4v) is 3.32. The van der Waals surface area contributed by atoms with Crippen LogP contribution in [0.1, 0.15) is 24.0 Å². The summed E-state index contributed by atoms with van der Waals surface area (Å²) in [4.78, 5) is 41.9. The van der Waals surface area contributed by atoms with Crippen LogP contribution in [0.5, 0.6) is 0 Å². The van der Waals surface area contributed by atoms with Gasteiger partial charge in [-0.1, -0.05) is 6.07 Å². The van der Waals surface area contributed by atoms with Crippen LogP contribution in [-0.2, 0) is 22.7 Å². The number of hydrogen-bond acceptors (Lipinski definition) is 5. The quantitative estimate of drug-likeness (QED) is 0.850. The minimum Gasteiger partial charge on any atom is -0.332 e. The molecule has 130 valence electrons. The van der Waals surface area contributed by atoms with Crippen molar-refractivity contribution < 1.29 is 14.4 Å². The Kier molecular flexibility index (Phi) is 5.39. The maximum Gasteiger partial charge on any atom is 0.322 e. The lowest BCUT2D eigenvalue weighted by Crippen LogP contribution is -2.49. The fourth-order valence-electron chi connectivity index (χ4n) is 2.66. The third kappa shape index (κ3) is 4.63. The molecular formula is C17H18N4O3S. The molecule has 1 aliphatic rings. The third-order valence-electron chi connectivity index (χ3n) is 3.88. The SMILES string of the molecule is O=C1CC[C@@H](C(=O)N(Cc2cccnc2)Cc2ccsc2)NC(=O)N1. The molecule has 2 aromatic heterocycles. The minimum atomic E-state index is -0.721. The van der Waals surface area contributed by atoms with Crippen molar-refractivity contribution in [2.75, 3.05) is 0 Å². The highest BCUT2D eigenvalue weighted by molar-refractivity contribution is 7.07. The second-order valence-corrected chi connectivity index (χ2v) is 6.58. The predicted molar refractivity (Wildman–Crippen MR) is 92.5 cm³/mol. The topological polar surface area (TPSA) is 91.4 Å². The van der Waals surface area contributed by atoms with E-state index in [1.54, 1.807) is 28.6 Å². The highest BCUT2D eigenvalue weighted by Gasteiger charge is 2.29. The summed E-state index contributed by atoms with van der Waals surface area (Å²) in [6.07, 6.45) is 3.81. The molecule has 2 aromatic rings. The van der Waals surface area contributed by atoms with Crippen LogP contribution in [0, 0.1) is 0 Å². The lowest BCUT2D eigenvalue weighted by atomic mass is 10.1. The molecule has 1 atom stereocenters. The van der Waals surface area contributed by atoms with E-state index in [1.807, 2.05) is 29.0 Å². The number of rotatable bonds is 5. The van der Waals surface area contributed by atoms with Gasteiger partial charge in [0.2, 0.25) is 11.8 Å². The second kappa shape index (κ2) is 7.89. The number of carbonyl (C=O) groups excluding carboxylic acids is 3. The molecule has 0 spiro atoms. The summed E-state index contributed by atoms with van der Waals surface area (Å²) >= 11 is 1.56. The van der Waals surface area contributed by atoms with Gasteiger partial charge in [0.1, 0.15) is 6.04 Å². The molecule has 0 aliphatic carbocycles. The highest BCUT2D eigenvalue weighted by atomic mass is 32.1. The van der Waals surface area contributed by atoms with Crippen molar-refractivity contribution in [3.8, 4) is 0 Å². The number of carbonyl (C=O) groups is 3. The number of nitrogens with zero attached hydrogens (tertiary/aromatic N) is 2. The zero-order chi connectivity index (χ0) is 17.6. The van der Waals surface area contributed by atoms with Gasteiger partial charge in [0.05, 0.1) is 0 Å². The van der Waals surface area contributed by atoms with E-state index in [0.717, 1.165) is 11.1 Å². The van der Waals surface area contributed by atoms with E-state index < -0.39 is 12.1 Å². The van der Waals surface area contributed by atoms with Crippen molar-refractivity contribution in [2.45, 2.75) is 32.0 Å². The molecule has 1 aliphatic heterocycles. The van der Waals surface area contributed by atoms with Gasteiger partial charge in [0.25, 0.3) is 0 Å². The Morgan fingerprint density at radius 3 is 2.84 bits per heavy atom. The van der Waals surface area contributed by atoms with Gasteiger partial charge < -0.3 is 10.2 Å².